The number of nitro groups is 1. The second-order valence-corrected chi connectivity index (χ2v) is 5.25. The Hall–Kier alpha value is -2.77. The number of benzene rings is 1. The van der Waals surface area contributed by atoms with Crippen LogP contribution in [0, 0.1) is 10.1 Å². The fourth-order valence-electron chi connectivity index (χ4n) is 2.47. The van der Waals surface area contributed by atoms with E-state index in [0.29, 0.717) is 0 Å². The molecule has 2 rings (SSSR count). The van der Waals surface area contributed by atoms with Crippen LogP contribution in [-0.2, 0) is 5.41 Å². The molecule has 1 heterocycles. The van der Waals surface area contributed by atoms with Gasteiger partial charge in [0.2, 0.25) is 6.54 Å². The first-order chi connectivity index (χ1) is 11.3. The second-order valence-electron chi connectivity index (χ2n) is 5.25. The Morgan fingerprint density at radius 2 is 1.71 bits per heavy atom. The summed E-state index contributed by atoms with van der Waals surface area (Å²) in [5, 5.41) is 10.9. The molecule has 0 N–H and O–H groups in total. The van der Waals surface area contributed by atoms with E-state index in [2.05, 4.69) is 4.98 Å². The van der Waals surface area contributed by atoms with Crippen molar-refractivity contribution in [1.82, 2.24) is 4.98 Å². The van der Waals surface area contributed by atoms with Crippen LogP contribution in [0.3, 0.4) is 0 Å². The van der Waals surface area contributed by atoms with E-state index in [4.69, 9.17) is 0 Å². The number of aromatic nitrogens is 1. The molecule has 2 aromatic rings. The number of pyridine rings is 1. The van der Waals surface area contributed by atoms with E-state index in [0.717, 1.165) is 12.1 Å². The van der Waals surface area contributed by atoms with E-state index < -0.39 is 35.3 Å². The Kier molecular flexibility index (Phi) is 4.96. The molecule has 126 valence electrons. The Balaban J connectivity index is 2.53. The smallest absolute Gasteiger partial charge is 0.292 e. The average Bonchev–Trinajstić information content (AvgIpc) is 2.54. The number of carbonyl (C=O) groups is 1. The van der Waals surface area contributed by atoms with E-state index in [1.54, 1.807) is 0 Å². The molecule has 24 heavy (non-hydrogen) atoms. The van der Waals surface area contributed by atoms with E-state index in [1.807, 2.05) is 0 Å². The topological polar surface area (TPSA) is 73.1 Å². The summed E-state index contributed by atoms with van der Waals surface area (Å²) in [5.74, 6) is -0.904. The van der Waals surface area contributed by atoms with Gasteiger partial charge in [-0.05, 0) is 17.7 Å². The molecule has 0 amide bonds. The minimum absolute atomic E-state index is 0.162. The van der Waals surface area contributed by atoms with Crippen molar-refractivity contribution >= 4 is 5.78 Å². The minimum Gasteiger partial charge on any atom is -0.292 e. The number of rotatable bonds is 6. The van der Waals surface area contributed by atoms with E-state index in [1.165, 1.54) is 42.6 Å². The number of carbonyl (C=O) groups excluding carboxylic acids is 1. The summed E-state index contributed by atoms with van der Waals surface area (Å²) in [6, 6.07) is 10.7. The maximum absolute atomic E-state index is 13.8. The van der Waals surface area contributed by atoms with Crippen molar-refractivity contribution in [2.45, 2.75) is 18.0 Å². The van der Waals surface area contributed by atoms with Crippen LogP contribution in [-0.4, -0.2) is 28.4 Å². The van der Waals surface area contributed by atoms with Crippen LogP contribution in [0.5, 0.6) is 0 Å². The maximum atomic E-state index is 13.8. The van der Waals surface area contributed by atoms with Crippen LogP contribution in [0.4, 0.5) is 13.2 Å². The van der Waals surface area contributed by atoms with Crippen molar-refractivity contribution in [2.24, 2.45) is 0 Å². The molecule has 8 heteroatoms. The Labute approximate surface area is 135 Å². The highest BCUT2D eigenvalue weighted by atomic mass is 19.4. The molecule has 0 bridgehead atoms. The highest BCUT2D eigenvalue weighted by molar-refractivity contribution is 5.95. The zero-order valence-corrected chi connectivity index (χ0v) is 12.4. The lowest BCUT2D eigenvalue weighted by molar-refractivity contribution is -0.501. The van der Waals surface area contributed by atoms with Gasteiger partial charge >= 0.3 is 6.18 Å². The molecule has 0 aliphatic heterocycles. The number of hydrogen-bond donors (Lipinski definition) is 0. The lowest BCUT2D eigenvalue weighted by Gasteiger charge is -2.32. The van der Waals surface area contributed by atoms with Crippen LogP contribution < -0.4 is 0 Å². The van der Waals surface area contributed by atoms with Gasteiger partial charge in [-0.25, -0.2) is 0 Å². The summed E-state index contributed by atoms with van der Waals surface area (Å²) in [6.45, 7) is -1.43. The third-order valence-corrected chi connectivity index (χ3v) is 3.68. The third kappa shape index (κ3) is 3.58. The quantitative estimate of drug-likeness (QED) is 0.459. The molecular formula is C16H13F3N2O3. The standard InChI is InChI=1S/C16H13F3N2O3/c17-16(18,19)15(11-21(23)24,12-6-2-1-3-7-12)10-14(22)13-8-4-5-9-20-13/h1-9H,10-11H2/t15-/m1/s1. The number of halogens is 3. The summed E-state index contributed by atoms with van der Waals surface area (Å²) in [7, 11) is 0. The van der Waals surface area contributed by atoms with Gasteiger partial charge in [0.15, 0.2) is 11.2 Å². The first-order valence-corrected chi connectivity index (χ1v) is 6.94. The number of nitrogens with zero attached hydrogens (tertiary/aromatic N) is 2. The zero-order valence-electron chi connectivity index (χ0n) is 12.4. The molecular weight excluding hydrogens is 325 g/mol. The van der Waals surface area contributed by atoms with Gasteiger partial charge in [0, 0.05) is 17.5 Å². The van der Waals surface area contributed by atoms with Gasteiger partial charge in [0.25, 0.3) is 0 Å². The minimum atomic E-state index is -4.98. The van der Waals surface area contributed by atoms with Crippen LogP contribution >= 0.6 is 0 Å². The highest BCUT2D eigenvalue weighted by Crippen LogP contribution is 2.44. The van der Waals surface area contributed by atoms with Crippen LogP contribution in [0.1, 0.15) is 22.5 Å². The van der Waals surface area contributed by atoms with Crippen molar-refractivity contribution < 1.29 is 22.9 Å². The fourth-order valence-corrected chi connectivity index (χ4v) is 2.47. The molecule has 0 aliphatic carbocycles. The molecule has 0 radical (unpaired) electrons. The molecule has 0 unspecified atom stereocenters. The lowest BCUT2D eigenvalue weighted by atomic mass is 9.75. The molecule has 0 saturated carbocycles. The van der Waals surface area contributed by atoms with E-state index >= 15 is 0 Å². The van der Waals surface area contributed by atoms with Gasteiger partial charge in [-0.15, -0.1) is 0 Å². The van der Waals surface area contributed by atoms with Crippen molar-refractivity contribution in [3.05, 3.63) is 76.1 Å². The van der Waals surface area contributed by atoms with Crippen LogP contribution in [0.25, 0.3) is 0 Å². The number of hydrogen-bond acceptors (Lipinski definition) is 4. The molecule has 0 aliphatic rings. The zero-order chi connectivity index (χ0) is 17.8. The summed E-state index contributed by atoms with van der Waals surface area (Å²) in [4.78, 5) is 25.9. The van der Waals surface area contributed by atoms with Gasteiger partial charge in [-0.2, -0.15) is 13.2 Å². The second kappa shape index (κ2) is 6.77. The SMILES string of the molecule is O=C(C[C@@](C[N+](=O)[O-])(c1ccccc1)C(F)(F)F)c1ccccn1. The summed E-state index contributed by atoms with van der Waals surface area (Å²) in [6.07, 6.45) is -4.79. The fraction of sp³-hybridized carbons (Fsp3) is 0.250. The number of alkyl halides is 3. The maximum Gasteiger partial charge on any atom is 0.405 e. The molecule has 5 nitrogen and oxygen atoms in total. The molecule has 1 aromatic heterocycles. The molecule has 0 fully saturated rings. The van der Waals surface area contributed by atoms with Crippen molar-refractivity contribution in [3.63, 3.8) is 0 Å². The Morgan fingerprint density at radius 1 is 1.08 bits per heavy atom. The van der Waals surface area contributed by atoms with Gasteiger partial charge in [0.05, 0.1) is 0 Å². The predicted molar refractivity (Wildman–Crippen MR) is 79.2 cm³/mol. The van der Waals surface area contributed by atoms with Gasteiger partial charge in [-0.1, -0.05) is 36.4 Å². The Bertz CT molecular complexity index is 720. The largest absolute Gasteiger partial charge is 0.405 e. The highest BCUT2D eigenvalue weighted by Gasteiger charge is 2.60. The van der Waals surface area contributed by atoms with Crippen molar-refractivity contribution in [3.8, 4) is 0 Å². The van der Waals surface area contributed by atoms with Gasteiger partial charge < -0.3 is 0 Å². The molecule has 1 aromatic carbocycles. The van der Waals surface area contributed by atoms with Gasteiger partial charge in [0.1, 0.15) is 5.69 Å². The van der Waals surface area contributed by atoms with Crippen LogP contribution in [0.2, 0.25) is 0 Å². The summed E-state index contributed by atoms with van der Waals surface area (Å²) >= 11 is 0. The summed E-state index contributed by atoms with van der Waals surface area (Å²) < 4.78 is 41.5. The summed E-state index contributed by atoms with van der Waals surface area (Å²) in [5.41, 5.74) is -3.39. The molecule has 0 saturated heterocycles. The molecule has 1 atom stereocenters. The third-order valence-electron chi connectivity index (χ3n) is 3.68. The molecule has 0 spiro atoms. The number of Topliss-reactive ketones (excluding diaryl/α,β-unsaturated/α-hetero) is 1. The predicted octanol–water partition coefficient (Wildman–Crippen LogP) is 3.43. The monoisotopic (exact) mass is 338 g/mol. The van der Waals surface area contributed by atoms with Crippen LogP contribution in [0.15, 0.2) is 54.7 Å². The average molecular weight is 338 g/mol. The Morgan fingerprint density at radius 3 is 2.21 bits per heavy atom. The van der Waals surface area contributed by atoms with E-state index in [9.17, 15) is 28.1 Å². The first-order valence-electron chi connectivity index (χ1n) is 6.94. The van der Waals surface area contributed by atoms with Crippen molar-refractivity contribution in [1.29, 1.82) is 0 Å². The normalized spacial score (nSPS) is 14.0. The first kappa shape index (κ1) is 17.6. The van der Waals surface area contributed by atoms with Crippen molar-refractivity contribution in [2.75, 3.05) is 6.54 Å². The van der Waals surface area contributed by atoms with E-state index in [-0.39, 0.29) is 11.3 Å². The van der Waals surface area contributed by atoms with Gasteiger partial charge in [-0.3, -0.25) is 19.9 Å². The lowest BCUT2D eigenvalue weighted by Crippen LogP contribution is -2.49. The number of ketones is 1.